The first-order valence-electron chi connectivity index (χ1n) is 3.80. The van der Waals surface area contributed by atoms with Crippen molar-refractivity contribution in [3.63, 3.8) is 0 Å². The van der Waals surface area contributed by atoms with Gasteiger partial charge in [-0.15, -0.1) is 11.8 Å². The highest BCUT2D eigenvalue weighted by Gasteiger charge is 2.19. The number of nitrogens with zero attached hydrogens (tertiary/aromatic N) is 1. The second-order valence-electron chi connectivity index (χ2n) is 2.54. The summed E-state index contributed by atoms with van der Waals surface area (Å²) in [6, 6.07) is 0. The van der Waals surface area contributed by atoms with Gasteiger partial charge in [0.05, 0.1) is 5.88 Å². The van der Waals surface area contributed by atoms with Crippen molar-refractivity contribution >= 4 is 23.6 Å². The molecule has 1 saturated heterocycles. The van der Waals surface area contributed by atoms with E-state index in [0.29, 0.717) is 0 Å². The molecule has 68 valence electrons. The highest BCUT2D eigenvalue weighted by Crippen LogP contribution is 2.13. The van der Waals surface area contributed by atoms with Gasteiger partial charge < -0.3 is 10.2 Å². The number of rotatable bonds is 2. The molecule has 1 fully saturated rings. The molecule has 0 bridgehead atoms. The van der Waals surface area contributed by atoms with Gasteiger partial charge >= 0.3 is 0 Å². The van der Waals surface area contributed by atoms with Crippen LogP contribution in [0, 0.1) is 0 Å². The second-order valence-corrected chi connectivity index (χ2v) is 3.62. The molecule has 1 N–H and O–H groups in total. The van der Waals surface area contributed by atoms with E-state index in [-0.39, 0.29) is 18.2 Å². The van der Waals surface area contributed by atoms with Crippen LogP contribution < -0.4 is 5.32 Å². The third kappa shape index (κ3) is 2.41. The standard InChI is InChI=1S/C7H12N2O2S/c1-8-6(10)4-7(11)9-2-3-12-5-9/h2-5H2,1H3,(H,8,10). The zero-order chi connectivity index (χ0) is 8.97. The molecule has 0 unspecified atom stereocenters. The lowest BCUT2D eigenvalue weighted by atomic mass is 10.3. The van der Waals surface area contributed by atoms with Crippen molar-refractivity contribution in [3.8, 4) is 0 Å². The van der Waals surface area contributed by atoms with Crippen molar-refractivity contribution in [1.29, 1.82) is 0 Å². The number of nitrogens with one attached hydrogen (secondary N) is 1. The Morgan fingerprint density at radius 2 is 2.33 bits per heavy atom. The van der Waals surface area contributed by atoms with E-state index in [0.717, 1.165) is 18.2 Å². The van der Waals surface area contributed by atoms with E-state index in [1.165, 1.54) is 7.05 Å². The molecule has 2 amide bonds. The van der Waals surface area contributed by atoms with Gasteiger partial charge in [-0.1, -0.05) is 0 Å². The van der Waals surface area contributed by atoms with Crippen LogP contribution in [0.5, 0.6) is 0 Å². The molecule has 1 aliphatic heterocycles. The molecule has 0 aromatic heterocycles. The number of amides is 2. The van der Waals surface area contributed by atoms with Crippen molar-refractivity contribution in [2.24, 2.45) is 0 Å². The van der Waals surface area contributed by atoms with E-state index in [9.17, 15) is 9.59 Å². The fraction of sp³-hybridized carbons (Fsp3) is 0.714. The summed E-state index contributed by atoms with van der Waals surface area (Å²) in [6.45, 7) is 0.778. The SMILES string of the molecule is CNC(=O)CC(=O)N1CCSC1. The van der Waals surface area contributed by atoms with E-state index in [2.05, 4.69) is 5.32 Å². The zero-order valence-electron chi connectivity index (χ0n) is 7.00. The quantitative estimate of drug-likeness (QED) is 0.603. The minimum atomic E-state index is -0.211. The highest BCUT2D eigenvalue weighted by molar-refractivity contribution is 7.99. The Kier molecular flexibility index (Phi) is 3.40. The third-order valence-electron chi connectivity index (χ3n) is 1.70. The van der Waals surface area contributed by atoms with E-state index in [1.807, 2.05) is 0 Å². The van der Waals surface area contributed by atoms with E-state index in [4.69, 9.17) is 0 Å². The maximum Gasteiger partial charge on any atom is 0.232 e. The van der Waals surface area contributed by atoms with Crippen molar-refractivity contribution in [2.45, 2.75) is 6.42 Å². The number of hydrogen-bond acceptors (Lipinski definition) is 3. The maximum atomic E-state index is 11.3. The van der Waals surface area contributed by atoms with Crippen LogP contribution in [-0.4, -0.2) is 41.9 Å². The van der Waals surface area contributed by atoms with E-state index < -0.39 is 0 Å². The zero-order valence-corrected chi connectivity index (χ0v) is 7.82. The summed E-state index contributed by atoms with van der Waals surface area (Å²) in [5.74, 6) is 1.44. The minimum Gasteiger partial charge on any atom is -0.359 e. The Morgan fingerprint density at radius 3 is 2.83 bits per heavy atom. The summed E-state index contributed by atoms with van der Waals surface area (Å²) >= 11 is 1.72. The summed E-state index contributed by atoms with van der Waals surface area (Å²) in [5, 5.41) is 2.43. The van der Waals surface area contributed by atoms with Crippen LogP contribution in [0.3, 0.4) is 0 Å². The normalized spacial score (nSPS) is 16.2. The number of carbonyl (C=O) groups excluding carboxylic acids is 2. The van der Waals surface area contributed by atoms with Gasteiger partial charge in [-0.2, -0.15) is 0 Å². The molecule has 1 rings (SSSR count). The Bertz CT molecular complexity index is 190. The fourth-order valence-electron chi connectivity index (χ4n) is 0.948. The van der Waals surface area contributed by atoms with Crippen LogP contribution in [0.25, 0.3) is 0 Å². The van der Waals surface area contributed by atoms with Gasteiger partial charge in [0.15, 0.2) is 0 Å². The minimum absolute atomic E-state index is 0.0168. The number of carbonyl (C=O) groups is 2. The molecule has 0 aliphatic carbocycles. The van der Waals surface area contributed by atoms with Gasteiger partial charge in [0.1, 0.15) is 6.42 Å². The molecule has 4 nitrogen and oxygen atoms in total. The van der Waals surface area contributed by atoms with Gasteiger partial charge in [-0.3, -0.25) is 9.59 Å². The first-order valence-corrected chi connectivity index (χ1v) is 4.95. The molecule has 0 aromatic rings. The molecule has 1 heterocycles. The largest absolute Gasteiger partial charge is 0.359 e. The van der Waals surface area contributed by atoms with Crippen molar-refractivity contribution in [1.82, 2.24) is 10.2 Å². The highest BCUT2D eigenvalue weighted by atomic mass is 32.2. The van der Waals surface area contributed by atoms with Crippen LogP contribution in [0.15, 0.2) is 0 Å². The Labute approximate surface area is 75.7 Å². The Morgan fingerprint density at radius 1 is 1.58 bits per heavy atom. The topological polar surface area (TPSA) is 49.4 Å². The summed E-state index contributed by atoms with van der Waals surface area (Å²) in [5.41, 5.74) is 0. The predicted molar refractivity (Wildman–Crippen MR) is 47.7 cm³/mol. The molecule has 0 radical (unpaired) electrons. The van der Waals surface area contributed by atoms with Crippen LogP contribution in [0.2, 0.25) is 0 Å². The van der Waals surface area contributed by atoms with Gasteiger partial charge in [0.25, 0.3) is 0 Å². The van der Waals surface area contributed by atoms with Crippen molar-refractivity contribution < 1.29 is 9.59 Å². The van der Waals surface area contributed by atoms with Crippen LogP contribution >= 0.6 is 11.8 Å². The molecule has 0 saturated carbocycles. The molecule has 0 atom stereocenters. The molecule has 5 heteroatoms. The summed E-state index contributed by atoms with van der Waals surface area (Å²) in [4.78, 5) is 23.8. The average molecular weight is 188 g/mol. The molecule has 1 aliphatic rings. The van der Waals surface area contributed by atoms with Gasteiger partial charge in [-0.05, 0) is 0 Å². The van der Waals surface area contributed by atoms with Crippen LogP contribution in [0.1, 0.15) is 6.42 Å². The monoisotopic (exact) mass is 188 g/mol. The average Bonchev–Trinajstić information content (AvgIpc) is 2.56. The van der Waals surface area contributed by atoms with Crippen molar-refractivity contribution in [3.05, 3.63) is 0 Å². The van der Waals surface area contributed by atoms with Gasteiger partial charge in [0, 0.05) is 19.3 Å². The first kappa shape index (κ1) is 9.38. The first-order chi connectivity index (χ1) is 5.74. The smallest absolute Gasteiger partial charge is 0.232 e. The lowest BCUT2D eigenvalue weighted by molar-refractivity contribution is -0.134. The summed E-state index contributed by atoms with van der Waals surface area (Å²) in [6.07, 6.45) is -0.0168. The summed E-state index contributed by atoms with van der Waals surface area (Å²) < 4.78 is 0. The van der Waals surface area contributed by atoms with Gasteiger partial charge in [-0.25, -0.2) is 0 Å². The number of thioether (sulfide) groups is 1. The predicted octanol–water partition coefficient (Wildman–Crippen LogP) is -0.345. The lowest BCUT2D eigenvalue weighted by Crippen LogP contribution is -2.32. The molecular weight excluding hydrogens is 176 g/mol. The van der Waals surface area contributed by atoms with Crippen LogP contribution in [-0.2, 0) is 9.59 Å². The third-order valence-corrected chi connectivity index (χ3v) is 2.66. The Balaban J connectivity index is 2.32. The summed E-state index contributed by atoms with van der Waals surface area (Å²) in [7, 11) is 1.54. The maximum absolute atomic E-state index is 11.3. The van der Waals surface area contributed by atoms with Crippen molar-refractivity contribution in [2.75, 3.05) is 25.2 Å². The lowest BCUT2D eigenvalue weighted by Gasteiger charge is -2.12. The number of hydrogen-bond donors (Lipinski definition) is 1. The molecule has 12 heavy (non-hydrogen) atoms. The second kappa shape index (κ2) is 4.35. The van der Waals surface area contributed by atoms with E-state index in [1.54, 1.807) is 16.7 Å². The molecule has 0 spiro atoms. The fourth-order valence-corrected chi connectivity index (χ4v) is 1.92. The van der Waals surface area contributed by atoms with Crippen LogP contribution in [0.4, 0.5) is 0 Å². The molecule has 0 aromatic carbocycles. The van der Waals surface area contributed by atoms with Gasteiger partial charge in [0.2, 0.25) is 11.8 Å². The molecular formula is C7H12N2O2S. The Hall–Kier alpha value is -0.710. The van der Waals surface area contributed by atoms with E-state index >= 15 is 0 Å².